The summed E-state index contributed by atoms with van der Waals surface area (Å²) >= 11 is 0. The molecule has 0 radical (unpaired) electrons. The van der Waals surface area contributed by atoms with Crippen molar-refractivity contribution in [2.45, 2.75) is 18.8 Å². The smallest absolute Gasteiger partial charge is 0.352 e. The number of carbonyl (C=O) groups excluding carboxylic acids is 1. The number of carbonyl (C=O) groups is 2. The number of hydrogen-bond donors (Lipinski definition) is 2. The molecule has 1 aromatic heterocycles. The number of alkyl halides is 2. The lowest BCUT2D eigenvalue weighted by Crippen LogP contribution is -2.33. The van der Waals surface area contributed by atoms with E-state index in [1.165, 1.54) is 0 Å². The second kappa shape index (κ2) is 2.88. The lowest BCUT2D eigenvalue weighted by molar-refractivity contribution is 0.00188. The molecule has 0 atom stereocenters. The van der Waals surface area contributed by atoms with Crippen LogP contribution >= 0.6 is 0 Å². The van der Waals surface area contributed by atoms with Crippen LogP contribution in [0.4, 0.5) is 8.78 Å². The van der Waals surface area contributed by atoms with Crippen LogP contribution in [0.15, 0.2) is 6.07 Å². The number of rotatable bonds is 1. The Bertz CT molecular complexity index is 450. The highest BCUT2D eigenvalue weighted by molar-refractivity contribution is 6.05. The van der Waals surface area contributed by atoms with Gasteiger partial charge in [0.2, 0.25) is 5.78 Å². The van der Waals surface area contributed by atoms with Crippen LogP contribution in [0.2, 0.25) is 0 Å². The molecule has 1 aromatic rings. The minimum absolute atomic E-state index is 0.0125. The molecule has 0 unspecified atom stereocenters. The second-order valence-electron chi connectivity index (χ2n) is 3.41. The number of aromatic nitrogens is 1. The molecule has 6 heteroatoms. The third kappa shape index (κ3) is 1.42. The Balaban J connectivity index is 2.49. The molecule has 15 heavy (non-hydrogen) atoms. The molecule has 1 heterocycles. The summed E-state index contributed by atoms with van der Waals surface area (Å²) in [6, 6.07) is 0.965. The number of carboxylic acid groups (broad SMARTS) is 1. The molecule has 0 aromatic carbocycles. The van der Waals surface area contributed by atoms with Crippen LogP contribution in [0.3, 0.4) is 0 Å². The van der Waals surface area contributed by atoms with Crippen molar-refractivity contribution in [2.24, 2.45) is 0 Å². The number of halogens is 2. The minimum Gasteiger partial charge on any atom is -0.477 e. The maximum Gasteiger partial charge on any atom is 0.352 e. The monoisotopic (exact) mass is 215 g/mol. The van der Waals surface area contributed by atoms with Crippen LogP contribution in [0.1, 0.15) is 33.0 Å². The first-order valence-corrected chi connectivity index (χ1v) is 4.29. The summed E-state index contributed by atoms with van der Waals surface area (Å²) in [6.07, 6.45) is -0.584. The molecule has 2 N–H and O–H groups in total. The number of fused-ring (bicyclic) bond motifs is 1. The fourth-order valence-electron chi connectivity index (χ4n) is 1.60. The van der Waals surface area contributed by atoms with Crippen LogP contribution in [-0.4, -0.2) is 27.8 Å². The number of aromatic carboxylic acids is 1. The third-order valence-electron chi connectivity index (χ3n) is 2.40. The highest BCUT2D eigenvalue weighted by Crippen LogP contribution is 2.33. The van der Waals surface area contributed by atoms with Crippen molar-refractivity contribution in [1.82, 2.24) is 4.98 Å². The van der Waals surface area contributed by atoms with Gasteiger partial charge < -0.3 is 10.1 Å². The van der Waals surface area contributed by atoms with Crippen LogP contribution in [0.25, 0.3) is 0 Å². The molecule has 0 fully saturated rings. The molecule has 0 saturated heterocycles. The summed E-state index contributed by atoms with van der Waals surface area (Å²) in [5.41, 5.74) is -0.155. The maximum absolute atomic E-state index is 13.0. The van der Waals surface area contributed by atoms with Gasteiger partial charge in [0, 0.05) is 17.7 Å². The van der Waals surface area contributed by atoms with Crippen molar-refractivity contribution in [3.8, 4) is 0 Å². The number of H-pyrrole nitrogens is 1. The quantitative estimate of drug-likeness (QED) is 0.745. The van der Waals surface area contributed by atoms with Gasteiger partial charge in [0.25, 0.3) is 0 Å². The molecular formula is C9H7F2NO3. The second-order valence-corrected chi connectivity index (χ2v) is 3.41. The standard InChI is InChI=1S/C9H7F2NO3/c10-9(11)2-1-5-4(7(9)13)3-6(12-5)8(14)15/h3,12H,1-2H2,(H,14,15). The maximum atomic E-state index is 13.0. The normalized spacial score (nSPS) is 18.7. The predicted octanol–water partition coefficient (Wildman–Crippen LogP) is 1.48. The average Bonchev–Trinajstić information content (AvgIpc) is 2.56. The predicted molar refractivity (Wildman–Crippen MR) is 45.4 cm³/mol. The van der Waals surface area contributed by atoms with Gasteiger partial charge in [0.1, 0.15) is 5.69 Å². The number of carboxylic acids is 1. The molecule has 80 valence electrons. The van der Waals surface area contributed by atoms with Crippen molar-refractivity contribution < 1.29 is 23.5 Å². The number of Topliss-reactive ketones (excluding diaryl/α,β-unsaturated/α-hetero) is 1. The van der Waals surface area contributed by atoms with E-state index < -0.39 is 24.1 Å². The largest absolute Gasteiger partial charge is 0.477 e. The van der Waals surface area contributed by atoms with E-state index in [9.17, 15) is 18.4 Å². The number of aryl methyl sites for hydroxylation is 1. The van der Waals surface area contributed by atoms with E-state index in [4.69, 9.17) is 5.11 Å². The van der Waals surface area contributed by atoms with Crippen molar-refractivity contribution in [2.75, 3.05) is 0 Å². The topological polar surface area (TPSA) is 70.2 Å². The zero-order valence-corrected chi connectivity index (χ0v) is 7.51. The minimum atomic E-state index is -3.37. The van der Waals surface area contributed by atoms with Gasteiger partial charge in [-0.15, -0.1) is 0 Å². The summed E-state index contributed by atoms with van der Waals surface area (Å²) in [7, 11) is 0. The molecule has 0 spiro atoms. The Kier molecular flexibility index (Phi) is 1.89. The number of aromatic amines is 1. The van der Waals surface area contributed by atoms with Crippen LogP contribution in [-0.2, 0) is 6.42 Å². The molecule has 1 aliphatic rings. The van der Waals surface area contributed by atoms with Gasteiger partial charge in [-0.05, 0) is 12.5 Å². The zero-order valence-electron chi connectivity index (χ0n) is 7.51. The highest BCUT2D eigenvalue weighted by Gasteiger charge is 2.44. The van der Waals surface area contributed by atoms with Crippen molar-refractivity contribution in [3.63, 3.8) is 0 Å². The Hall–Kier alpha value is -1.72. The third-order valence-corrected chi connectivity index (χ3v) is 2.40. The Morgan fingerprint density at radius 2 is 2.20 bits per heavy atom. The van der Waals surface area contributed by atoms with E-state index >= 15 is 0 Å². The molecule has 0 bridgehead atoms. The van der Waals surface area contributed by atoms with Crippen molar-refractivity contribution in [3.05, 3.63) is 23.0 Å². The lowest BCUT2D eigenvalue weighted by Gasteiger charge is -2.19. The number of hydrogen-bond acceptors (Lipinski definition) is 2. The number of nitrogens with one attached hydrogen (secondary N) is 1. The van der Waals surface area contributed by atoms with Gasteiger partial charge in [0.05, 0.1) is 0 Å². The molecule has 4 nitrogen and oxygen atoms in total. The highest BCUT2D eigenvalue weighted by atomic mass is 19.3. The van der Waals surface area contributed by atoms with E-state index in [-0.39, 0.29) is 23.4 Å². The number of ketones is 1. The Morgan fingerprint density at radius 3 is 2.80 bits per heavy atom. The van der Waals surface area contributed by atoms with E-state index in [1.807, 2.05) is 0 Å². The lowest BCUT2D eigenvalue weighted by atomic mass is 9.93. The van der Waals surface area contributed by atoms with E-state index in [2.05, 4.69) is 4.98 Å². The SMILES string of the molecule is O=C(O)c1cc2c([nH]1)CCC(F)(F)C2=O. The first-order chi connectivity index (χ1) is 6.92. The molecule has 0 amide bonds. The van der Waals surface area contributed by atoms with E-state index in [0.717, 1.165) is 6.07 Å². The molecular weight excluding hydrogens is 208 g/mol. The van der Waals surface area contributed by atoms with Gasteiger partial charge in [-0.1, -0.05) is 0 Å². The fourth-order valence-corrected chi connectivity index (χ4v) is 1.60. The first kappa shape index (κ1) is 9.82. The van der Waals surface area contributed by atoms with Crippen LogP contribution in [0, 0.1) is 0 Å². The molecule has 0 saturated carbocycles. The summed E-state index contributed by atoms with van der Waals surface area (Å²) in [5, 5.41) is 8.62. The summed E-state index contributed by atoms with van der Waals surface area (Å²) in [4.78, 5) is 24.2. The van der Waals surface area contributed by atoms with Gasteiger partial charge in [-0.2, -0.15) is 8.78 Å². The van der Waals surface area contributed by atoms with E-state index in [1.54, 1.807) is 0 Å². The summed E-state index contributed by atoms with van der Waals surface area (Å²) < 4.78 is 26.0. The molecule has 2 rings (SSSR count). The van der Waals surface area contributed by atoms with Crippen molar-refractivity contribution >= 4 is 11.8 Å². The van der Waals surface area contributed by atoms with Gasteiger partial charge in [-0.3, -0.25) is 4.79 Å². The van der Waals surface area contributed by atoms with E-state index in [0.29, 0.717) is 0 Å². The van der Waals surface area contributed by atoms with Gasteiger partial charge in [-0.25, -0.2) is 4.79 Å². The first-order valence-electron chi connectivity index (χ1n) is 4.29. The summed E-state index contributed by atoms with van der Waals surface area (Å²) in [5.74, 6) is -5.93. The Morgan fingerprint density at radius 1 is 1.53 bits per heavy atom. The Labute approximate surface area is 82.9 Å². The van der Waals surface area contributed by atoms with Gasteiger partial charge >= 0.3 is 11.9 Å². The fraction of sp³-hybridized carbons (Fsp3) is 0.333. The van der Waals surface area contributed by atoms with Crippen molar-refractivity contribution in [1.29, 1.82) is 0 Å². The molecule has 1 aliphatic carbocycles. The zero-order chi connectivity index (χ0) is 11.2. The molecule has 0 aliphatic heterocycles. The van der Waals surface area contributed by atoms with Gasteiger partial charge in [0.15, 0.2) is 0 Å². The van der Waals surface area contributed by atoms with Crippen LogP contribution in [0.5, 0.6) is 0 Å². The van der Waals surface area contributed by atoms with Crippen LogP contribution < -0.4 is 0 Å². The average molecular weight is 215 g/mol. The summed E-state index contributed by atoms with van der Waals surface area (Å²) in [6.45, 7) is 0.